The van der Waals surface area contributed by atoms with Crippen molar-refractivity contribution in [2.75, 3.05) is 6.61 Å². The quantitative estimate of drug-likeness (QED) is 0.579. The molecule has 1 unspecified atom stereocenters. The predicted molar refractivity (Wildman–Crippen MR) is 116 cm³/mol. The highest BCUT2D eigenvalue weighted by molar-refractivity contribution is 5.98. The molecule has 2 amide bonds. The van der Waals surface area contributed by atoms with Gasteiger partial charge in [0.2, 0.25) is 0 Å². The van der Waals surface area contributed by atoms with Crippen LogP contribution in [0.25, 0.3) is 10.8 Å². The number of hydrogen-bond donors (Lipinski definition) is 2. The second kappa shape index (κ2) is 9.78. The molecule has 1 atom stereocenters. The number of rotatable bonds is 7. The first-order chi connectivity index (χ1) is 14.4. The number of carbonyl (C=O) groups is 2. The lowest BCUT2D eigenvalue weighted by Crippen LogP contribution is -2.47. The molecule has 0 saturated heterocycles. The van der Waals surface area contributed by atoms with Gasteiger partial charge in [0.05, 0.1) is 12.2 Å². The lowest BCUT2D eigenvalue weighted by atomic mass is 10.1. The van der Waals surface area contributed by atoms with Gasteiger partial charge in [-0.25, -0.2) is 0 Å². The van der Waals surface area contributed by atoms with E-state index >= 15 is 0 Å². The summed E-state index contributed by atoms with van der Waals surface area (Å²) in [4.78, 5) is 24.9. The minimum absolute atomic E-state index is 0.328. The fourth-order valence-corrected chi connectivity index (χ4v) is 2.82. The zero-order chi connectivity index (χ0) is 21.5. The number of benzene rings is 3. The van der Waals surface area contributed by atoms with Gasteiger partial charge in [0.15, 0.2) is 6.10 Å². The lowest BCUT2D eigenvalue weighted by molar-refractivity contribution is -0.128. The second-order valence-electron chi connectivity index (χ2n) is 7.41. The first-order valence-corrected chi connectivity index (χ1v) is 9.91. The van der Waals surface area contributed by atoms with Crippen molar-refractivity contribution >= 4 is 22.6 Å². The van der Waals surface area contributed by atoms with Crippen molar-refractivity contribution in [3.05, 3.63) is 72.3 Å². The molecule has 3 aromatic carbocycles. The van der Waals surface area contributed by atoms with Crippen molar-refractivity contribution in [1.29, 1.82) is 0 Å². The van der Waals surface area contributed by atoms with E-state index in [0.717, 1.165) is 10.8 Å². The Morgan fingerprint density at radius 2 is 1.57 bits per heavy atom. The van der Waals surface area contributed by atoms with Gasteiger partial charge in [0, 0.05) is 0 Å². The molecule has 0 heterocycles. The molecule has 0 aliphatic rings. The molecule has 0 aliphatic heterocycles. The van der Waals surface area contributed by atoms with E-state index in [1.807, 2.05) is 56.3 Å². The molecule has 0 bridgehead atoms. The molecule has 6 nitrogen and oxygen atoms in total. The summed E-state index contributed by atoms with van der Waals surface area (Å²) in [5.74, 6) is 0.458. The van der Waals surface area contributed by atoms with Crippen LogP contribution in [0.15, 0.2) is 66.7 Å². The van der Waals surface area contributed by atoms with Crippen LogP contribution in [0.3, 0.4) is 0 Å². The van der Waals surface area contributed by atoms with Crippen LogP contribution < -0.4 is 20.3 Å². The molecule has 2 N–H and O–H groups in total. The molecule has 3 rings (SSSR count). The number of carbonyl (C=O) groups excluding carboxylic acids is 2. The smallest absolute Gasteiger partial charge is 0.279 e. The van der Waals surface area contributed by atoms with Gasteiger partial charge in [-0.05, 0) is 47.9 Å². The van der Waals surface area contributed by atoms with Gasteiger partial charge in [-0.2, -0.15) is 0 Å². The topological polar surface area (TPSA) is 76.7 Å². The summed E-state index contributed by atoms with van der Waals surface area (Å²) in [6.45, 7) is 6.17. The third kappa shape index (κ3) is 5.50. The van der Waals surface area contributed by atoms with E-state index in [2.05, 4.69) is 10.9 Å². The van der Waals surface area contributed by atoms with Gasteiger partial charge in [0.1, 0.15) is 11.5 Å². The minimum atomic E-state index is -0.793. The van der Waals surface area contributed by atoms with Crippen molar-refractivity contribution in [2.24, 2.45) is 5.92 Å². The third-order valence-corrected chi connectivity index (χ3v) is 4.41. The molecule has 30 heavy (non-hydrogen) atoms. The van der Waals surface area contributed by atoms with Crippen molar-refractivity contribution in [2.45, 2.75) is 26.9 Å². The first kappa shape index (κ1) is 21.2. The largest absolute Gasteiger partial charge is 0.492 e. The Labute approximate surface area is 176 Å². The Morgan fingerprint density at radius 3 is 2.33 bits per heavy atom. The van der Waals surface area contributed by atoms with Crippen LogP contribution in [0.1, 0.15) is 31.1 Å². The SMILES string of the molecule is CC(C)COc1ccccc1C(=O)NNC(=O)C(C)Oc1ccc2ccccc2c1. The molecule has 0 saturated carbocycles. The maximum atomic E-state index is 12.5. The van der Waals surface area contributed by atoms with E-state index in [-0.39, 0.29) is 0 Å². The summed E-state index contributed by atoms with van der Waals surface area (Å²) < 4.78 is 11.4. The van der Waals surface area contributed by atoms with E-state index in [1.54, 1.807) is 31.2 Å². The normalized spacial score (nSPS) is 11.7. The Kier molecular flexibility index (Phi) is 6.91. The summed E-state index contributed by atoms with van der Waals surface area (Å²) in [5.41, 5.74) is 5.18. The highest BCUT2D eigenvalue weighted by Gasteiger charge is 2.18. The highest BCUT2D eigenvalue weighted by Crippen LogP contribution is 2.21. The van der Waals surface area contributed by atoms with Crippen molar-refractivity contribution in [3.63, 3.8) is 0 Å². The van der Waals surface area contributed by atoms with Gasteiger partial charge >= 0.3 is 0 Å². The fraction of sp³-hybridized carbons (Fsp3) is 0.250. The summed E-state index contributed by atoms with van der Waals surface area (Å²) in [5, 5.41) is 2.11. The number of nitrogens with one attached hydrogen (secondary N) is 2. The first-order valence-electron chi connectivity index (χ1n) is 9.91. The standard InChI is InChI=1S/C24H26N2O4/c1-16(2)15-29-22-11-7-6-10-21(22)24(28)26-25-23(27)17(3)30-20-13-12-18-8-4-5-9-19(18)14-20/h4-14,16-17H,15H2,1-3H3,(H,25,27)(H,26,28). The predicted octanol–water partition coefficient (Wildman–Crippen LogP) is 4.10. The molecular formula is C24H26N2O4. The van der Waals surface area contributed by atoms with Gasteiger partial charge in [0.25, 0.3) is 11.8 Å². The van der Waals surface area contributed by atoms with Crippen molar-refractivity contribution < 1.29 is 19.1 Å². The average molecular weight is 406 g/mol. The van der Waals surface area contributed by atoms with E-state index in [0.29, 0.717) is 29.6 Å². The van der Waals surface area contributed by atoms with Crippen LogP contribution in [0.4, 0.5) is 0 Å². The maximum Gasteiger partial charge on any atom is 0.279 e. The van der Waals surface area contributed by atoms with E-state index in [1.165, 1.54) is 0 Å². The van der Waals surface area contributed by atoms with Crippen molar-refractivity contribution in [1.82, 2.24) is 10.9 Å². The average Bonchev–Trinajstić information content (AvgIpc) is 2.75. The van der Waals surface area contributed by atoms with Crippen LogP contribution in [-0.2, 0) is 4.79 Å². The van der Waals surface area contributed by atoms with E-state index in [9.17, 15) is 9.59 Å². The van der Waals surface area contributed by atoms with Crippen molar-refractivity contribution in [3.8, 4) is 11.5 Å². The minimum Gasteiger partial charge on any atom is -0.492 e. The number of hydrazine groups is 1. The Bertz CT molecular complexity index is 1030. The van der Waals surface area contributed by atoms with Crippen LogP contribution >= 0.6 is 0 Å². The molecule has 0 aromatic heterocycles. The monoisotopic (exact) mass is 406 g/mol. The number of hydrogen-bond acceptors (Lipinski definition) is 4. The number of ether oxygens (including phenoxy) is 2. The lowest BCUT2D eigenvalue weighted by Gasteiger charge is -2.16. The molecule has 0 radical (unpaired) electrons. The highest BCUT2D eigenvalue weighted by atomic mass is 16.5. The molecular weight excluding hydrogens is 380 g/mol. The maximum absolute atomic E-state index is 12.5. The Morgan fingerprint density at radius 1 is 0.867 bits per heavy atom. The molecule has 6 heteroatoms. The van der Waals surface area contributed by atoms with Gasteiger partial charge in [-0.3, -0.25) is 20.4 Å². The number of para-hydroxylation sites is 1. The van der Waals surface area contributed by atoms with Gasteiger partial charge < -0.3 is 9.47 Å². The molecule has 0 aliphatic carbocycles. The summed E-state index contributed by atoms with van der Waals surface area (Å²) in [6.07, 6.45) is -0.793. The third-order valence-electron chi connectivity index (χ3n) is 4.41. The molecule has 0 spiro atoms. The number of fused-ring (bicyclic) bond motifs is 1. The molecule has 156 valence electrons. The fourth-order valence-electron chi connectivity index (χ4n) is 2.82. The van der Waals surface area contributed by atoms with Gasteiger partial charge in [-0.15, -0.1) is 0 Å². The van der Waals surface area contributed by atoms with Crippen LogP contribution in [-0.4, -0.2) is 24.5 Å². The molecule has 0 fully saturated rings. The summed E-state index contributed by atoms with van der Waals surface area (Å²) in [7, 11) is 0. The number of amides is 2. The zero-order valence-electron chi connectivity index (χ0n) is 17.3. The Balaban J connectivity index is 1.57. The van der Waals surface area contributed by atoms with E-state index in [4.69, 9.17) is 9.47 Å². The van der Waals surface area contributed by atoms with Gasteiger partial charge in [-0.1, -0.05) is 56.3 Å². The second-order valence-corrected chi connectivity index (χ2v) is 7.41. The van der Waals surface area contributed by atoms with Crippen LogP contribution in [0, 0.1) is 5.92 Å². The Hall–Kier alpha value is -3.54. The zero-order valence-corrected chi connectivity index (χ0v) is 17.3. The van der Waals surface area contributed by atoms with Crippen LogP contribution in [0.5, 0.6) is 11.5 Å². The van der Waals surface area contributed by atoms with Crippen LogP contribution in [0.2, 0.25) is 0 Å². The summed E-state index contributed by atoms with van der Waals surface area (Å²) in [6, 6.07) is 20.4. The van der Waals surface area contributed by atoms with E-state index < -0.39 is 17.9 Å². The summed E-state index contributed by atoms with van der Waals surface area (Å²) >= 11 is 0. The molecule has 3 aromatic rings.